The summed E-state index contributed by atoms with van der Waals surface area (Å²) in [5, 5.41) is 7.42. The van der Waals surface area contributed by atoms with Crippen LogP contribution >= 0.6 is 0 Å². The van der Waals surface area contributed by atoms with Crippen LogP contribution in [0.2, 0.25) is 0 Å². The quantitative estimate of drug-likeness (QED) is 0.805. The Morgan fingerprint density at radius 1 is 1.22 bits per heavy atom. The van der Waals surface area contributed by atoms with Gasteiger partial charge in [0.15, 0.2) is 0 Å². The van der Waals surface area contributed by atoms with E-state index >= 15 is 0 Å². The van der Waals surface area contributed by atoms with Crippen molar-refractivity contribution in [2.24, 2.45) is 0 Å². The first-order valence-electron chi connectivity index (χ1n) is 7.74. The minimum atomic E-state index is -0.293. The van der Waals surface area contributed by atoms with Crippen LogP contribution in [0.25, 0.3) is 5.78 Å². The van der Waals surface area contributed by atoms with Crippen LogP contribution in [0.15, 0.2) is 42.6 Å². The fourth-order valence-corrected chi connectivity index (χ4v) is 3.05. The maximum atomic E-state index is 12.6. The Morgan fingerprint density at radius 3 is 2.65 bits per heavy atom. The van der Waals surface area contributed by atoms with E-state index in [-0.39, 0.29) is 17.3 Å². The molecule has 3 aromatic rings. The third-order valence-corrected chi connectivity index (χ3v) is 4.52. The Balaban J connectivity index is 1.65. The molecule has 1 fully saturated rings. The summed E-state index contributed by atoms with van der Waals surface area (Å²) in [7, 11) is 0. The molecule has 0 saturated heterocycles. The number of nitrogens with one attached hydrogen (secondary N) is 1. The highest BCUT2D eigenvalue weighted by Gasteiger charge is 2.40. The van der Waals surface area contributed by atoms with E-state index in [1.807, 2.05) is 31.2 Å². The number of hydrogen-bond acceptors (Lipinski definition) is 4. The average molecular weight is 307 g/mol. The van der Waals surface area contributed by atoms with Crippen molar-refractivity contribution in [1.29, 1.82) is 0 Å². The van der Waals surface area contributed by atoms with E-state index in [9.17, 15) is 4.79 Å². The van der Waals surface area contributed by atoms with Crippen LogP contribution in [0.3, 0.4) is 0 Å². The molecule has 1 amide bonds. The number of hydrogen-bond donors (Lipinski definition) is 1. The molecule has 0 radical (unpaired) electrons. The van der Waals surface area contributed by atoms with E-state index in [1.165, 1.54) is 0 Å². The van der Waals surface area contributed by atoms with Gasteiger partial charge < -0.3 is 5.32 Å². The average Bonchev–Trinajstić information content (AvgIpc) is 2.97. The van der Waals surface area contributed by atoms with Crippen molar-refractivity contribution in [3.05, 3.63) is 59.7 Å². The molecule has 1 aromatic carbocycles. The summed E-state index contributed by atoms with van der Waals surface area (Å²) in [6.07, 6.45) is 4.65. The molecule has 0 atom stereocenters. The Hall–Kier alpha value is -2.76. The molecule has 0 spiro atoms. The molecule has 0 bridgehead atoms. The van der Waals surface area contributed by atoms with Crippen molar-refractivity contribution >= 4 is 11.7 Å². The molecule has 116 valence electrons. The number of rotatable bonds is 3. The van der Waals surface area contributed by atoms with Gasteiger partial charge in [0.25, 0.3) is 11.7 Å². The number of carbonyl (C=O) groups excluding carboxylic acids is 1. The first kappa shape index (κ1) is 13.9. The van der Waals surface area contributed by atoms with Crippen molar-refractivity contribution in [1.82, 2.24) is 24.9 Å². The molecule has 1 saturated carbocycles. The number of nitrogens with zero attached hydrogens (tertiary/aromatic N) is 4. The summed E-state index contributed by atoms with van der Waals surface area (Å²) in [5.41, 5.74) is 1.74. The Kier molecular flexibility index (Phi) is 3.11. The molecule has 6 nitrogen and oxygen atoms in total. The highest BCUT2D eigenvalue weighted by atomic mass is 16.2. The van der Waals surface area contributed by atoms with Crippen molar-refractivity contribution in [3.63, 3.8) is 0 Å². The van der Waals surface area contributed by atoms with Crippen LogP contribution < -0.4 is 5.32 Å². The number of fused-ring (bicyclic) bond motifs is 1. The second-order valence-electron chi connectivity index (χ2n) is 5.99. The molecule has 0 aliphatic heterocycles. The van der Waals surface area contributed by atoms with E-state index in [4.69, 9.17) is 0 Å². The molecule has 0 unspecified atom stereocenters. The van der Waals surface area contributed by atoms with Gasteiger partial charge in [0, 0.05) is 11.9 Å². The first-order chi connectivity index (χ1) is 11.2. The zero-order valence-electron chi connectivity index (χ0n) is 12.9. The minimum Gasteiger partial charge on any atom is -0.340 e. The van der Waals surface area contributed by atoms with Gasteiger partial charge in [-0.05, 0) is 37.8 Å². The molecule has 1 aliphatic rings. The summed E-state index contributed by atoms with van der Waals surface area (Å²) in [5.74, 6) is 0.352. The highest BCUT2D eigenvalue weighted by molar-refractivity contribution is 5.91. The van der Waals surface area contributed by atoms with Gasteiger partial charge in [-0.25, -0.2) is 9.50 Å². The predicted molar refractivity (Wildman–Crippen MR) is 85.0 cm³/mol. The lowest BCUT2D eigenvalue weighted by atomic mass is 9.72. The minimum absolute atomic E-state index is 0.161. The smallest absolute Gasteiger partial charge is 0.291 e. The van der Waals surface area contributed by atoms with Gasteiger partial charge in [-0.3, -0.25) is 4.79 Å². The first-order valence-corrected chi connectivity index (χ1v) is 7.74. The largest absolute Gasteiger partial charge is 0.340 e. The van der Waals surface area contributed by atoms with Crippen LogP contribution in [0, 0.1) is 6.92 Å². The lowest BCUT2D eigenvalue weighted by Crippen LogP contribution is -2.51. The standard InChI is InChI=1S/C17H17N5O/c1-12-8-11-18-16-19-14(21-22(12)16)15(23)20-17(9-5-10-17)13-6-3-2-4-7-13/h2-4,6-8,11H,5,9-10H2,1H3,(H,20,23). The van der Waals surface area contributed by atoms with Crippen molar-refractivity contribution in [3.8, 4) is 0 Å². The number of benzene rings is 1. The maximum absolute atomic E-state index is 12.6. The van der Waals surface area contributed by atoms with Crippen LogP contribution in [-0.2, 0) is 5.54 Å². The summed E-state index contributed by atoms with van der Waals surface area (Å²) in [4.78, 5) is 21.0. The highest BCUT2D eigenvalue weighted by Crippen LogP contribution is 2.41. The van der Waals surface area contributed by atoms with E-state index in [0.29, 0.717) is 5.78 Å². The molecule has 2 aromatic heterocycles. The van der Waals surface area contributed by atoms with E-state index in [0.717, 1.165) is 30.5 Å². The summed E-state index contributed by atoms with van der Waals surface area (Å²) in [6.45, 7) is 1.91. The van der Waals surface area contributed by atoms with Crippen LogP contribution in [-0.4, -0.2) is 25.5 Å². The third-order valence-electron chi connectivity index (χ3n) is 4.52. The zero-order chi connectivity index (χ0) is 15.9. The Morgan fingerprint density at radius 2 is 2.00 bits per heavy atom. The third kappa shape index (κ3) is 2.27. The SMILES string of the molecule is Cc1ccnc2nc(C(=O)NC3(c4ccccc4)CCC3)nn12. The molecular weight excluding hydrogens is 290 g/mol. The number of carbonyl (C=O) groups is 1. The summed E-state index contributed by atoms with van der Waals surface area (Å²) in [6, 6.07) is 11.9. The van der Waals surface area contributed by atoms with Crippen molar-refractivity contribution in [2.45, 2.75) is 31.7 Å². The van der Waals surface area contributed by atoms with Gasteiger partial charge in [0.2, 0.25) is 5.82 Å². The van der Waals surface area contributed by atoms with E-state index in [1.54, 1.807) is 10.7 Å². The molecule has 2 heterocycles. The zero-order valence-corrected chi connectivity index (χ0v) is 12.9. The predicted octanol–water partition coefficient (Wildman–Crippen LogP) is 2.24. The van der Waals surface area contributed by atoms with Gasteiger partial charge in [-0.15, -0.1) is 5.10 Å². The Bertz CT molecular complexity index is 867. The normalized spacial score (nSPS) is 16.0. The topological polar surface area (TPSA) is 72.2 Å². The Labute approximate surface area is 133 Å². The fourth-order valence-electron chi connectivity index (χ4n) is 3.05. The summed E-state index contributed by atoms with van der Waals surface area (Å²) >= 11 is 0. The van der Waals surface area contributed by atoms with Gasteiger partial charge in [-0.2, -0.15) is 4.98 Å². The van der Waals surface area contributed by atoms with Gasteiger partial charge >= 0.3 is 0 Å². The second kappa shape index (κ2) is 5.15. The maximum Gasteiger partial charge on any atom is 0.291 e. The van der Waals surface area contributed by atoms with E-state index in [2.05, 4.69) is 32.5 Å². The molecule has 23 heavy (non-hydrogen) atoms. The van der Waals surface area contributed by atoms with Gasteiger partial charge in [-0.1, -0.05) is 30.3 Å². The van der Waals surface area contributed by atoms with Crippen molar-refractivity contribution < 1.29 is 4.79 Å². The van der Waals surface area contributed by atoms with Crippen LogP contribution in [0.5, 0.6) is 0 Å². The summed E-state index contributed by atoms with van der Waals surface area (Å²) < 4.78 is 1.59. The lowest BCUT2D eigenvalue weighted by molar-refractivity contribution is 0.0812. The van der Waals surface area contributed by atoms with Crippen LogP contribution in [0.1, 0.15) is 41.1 Å². The van der Waals surface area contributed by atoms with Gasteiger partial charge in [0.05, 0.1) is 5.54 Å². The molecule has 1 N–H and O–H groups in total. The van der Waals surface area contributed by atoms with Gasteiger partial charge in [0.1, 0.15) is 0 Å². The monoisotopic (exact) mass is 307 g/mol. The molecule has 6 heteroatoms. The molecule has 1 aliphatic carbocycles. The number of aryl methyl sites for hydroxylation is 1. The molecular formula is C17H17N5O. The second-order valence-corrected chi connectivity index (χ2v) is 5.99. The van der Waals surface area contributed by atoms with E-state index < -0.39 is 0 Å². The number of amides is 1. The van der Waals surface area contributed by atoms with Crippen molar-refractivity contribution in [2.75, 3.05) is 0 Å². The lowest BCUT2D eigenvalue weighted by Gasteiger charge is -2.42. The molecule has 4 rings (SSSR count). The van der Waals surface area contributed by atoms with Crippen LogP contribution in [0.4, 0.5) is 0 Å². The number of aromatic nitrogens is 4. The fraction of sp³-hybridized carbons (Fsp3) is 0.294.